The Morgan fingerprint density at radius 1 is 1.14 bits per heavy atom. The molecule has 0 unspecified atom stereocenters. The van der Waals surface area contributed by atoms with E-state index in [0.29, 0.717) is 6.54 Å². The fraction of sp³-hybridized carbons (Fsp3) is 0.294. The molecule has 0 bridgehead atoms. The van der Waals surface area contributed by atoms with Crippen LogP contribution in [-0.4, -0.2) is 11.0 Å². The van der Waals surface area contributed by atoms with Crippen molar-refractivity contribution in [1.29, 1.82) is 0 Å². The lowest BCUT2D eigenvalue weighted by atomic mass is 9.87. The number of urea groups is 1. The van der Waals surface area contributed by atoms with Crippen molar-refractivity contribution in [2.75, 3.05) is 5.32 Å². The van der Waals surface area contributed by atoms with Crippen molar-refractivity contribution in [3.05, 3.63) is 59.9 Å². The lowest BCUT2D eigenvalue weighted by Crippen LogP contribution is -2.28. The van der Waals surface area contributed by atoms with E-state index >= 15 is 0 Å². The smallest absolute Gasteiger partial charge is 0.319 e. The number of nitrogens with one attached hydrogen (secondary N) is 2. The normalized spacial score (nSPS) is 11.0. The molecule has 110 valence electrons. The Morgan fingerprint density at radius 2 is 1.86 bits per heavy atom. The van der Waals surface area contributed by atoms with Gasteiger partial charge >= 0.3 is 6.03 Å². The van der Waals surface area contributed by atoms with Crippen LogP contribution < -0.4 is 10.6 Å². The molecule has 1 aromatic heterocycles. The summed E-state index contributed by atoms with van der Waals surface area (Å²) in [5.41, 5.74) is 3.10. The number of nitrogens with zero attached hydrogens (tertiary/aromatic N) is 1. The Morgan fingerprint density at radius 3 is 2.43 bits per heavy atom. The predicted molar refractivity (Wildman–Crippen MR) is 85.2 cm³/mol. The van der Waals surface area contributed by atoms with Crippen LogP contribution in [0.2, 0.25) is 0 Å². The van der Waals surface area contributed by atoms with E-state index in [2.05, 4.69) is 36.4 Å². The molecule has 0 aliphatic carbocycles. The van der Waals surface area contributed by atoms with Crippen LogP contribution in [0, 0.1) is 0 Å². The second kappa shape index (κ2) is 6.39. The van der Waals surface area contributed by atoms with E-state index in [1.807, 2.05) is 36.4 Å². The van der Waals surface area contributed by atoms with Crippen molar-refractivity contribution in [2.45, 2.75) is 32.7 Å². The lowest BCUT2D eigenvalue weighted by molar-refractivity contribution is 0.251. The van der Waals surface area contributed by atoms with Crippen LogP contribution in [0.3, 0.4) is 0 Å². The van der Waals surface area contributed by atoms with Crippen LogP contribution in [0.5, 0.6) is 0 Å². The number of amides is 2. The highest BCUT2D eigenvalue weighted by molar-refractivity contribution is 5.89. The van der Waals surface area contributed by atoms with Gasteiger partial charge in [-0.3, -0.25) is 4.98 Å². The number of hydrogen-bond acceptors (Lipinski definition) is 2. The van der Waals surface area contributed by atoms with Gasteiger partial charge in [-0.15, -0.1) is 0 Å². The predicted octanol–water partition coefficient (Wildman–Crippen LogP) is 3.70. The van der Waals surface area contributed by atoms with E-state index in [-0.39, 0.29) is 11.4 Å². The molecule has 2 aromatic rings. The molecular formula is C17H21N3O. The molecule has 0 spiro atoms. The van der Waals surface area contributed by atoms with Crippen molar-refractivity contribution in [2.24, 2.45) is 0 Å². The Balaban J connectivity index is 1.88. The molecule has 0 radical (unpaired) electrons. The fourth-order valence-corrected chi connectivity index (χ4v) is 1.91. The fourth-order valence-electron chi connectivity index (χ4n) is 1.91. The van der Waals surface area contributed by atoms with Crippen molar-refractivity contribution in [3.63, 3.8) is 0 Å². The number of carbonyl (C=O) groups is 1. The van der Waals surface area contributed by atoms with Crippen LogP contribution in [0.1, 0.15) is 31.9 Å². The van der Waals surface area contributed by atoms with Crippen LogP contribution >= 0.6 is 0 Å². The number of aromatic nitrogens is 1. The number of anilines is 1. The summed E-state index contributed by atoms with van der Waals surface area (Å²) in [5.74, 6) is 0. The standard InChI is InChI=1S/C17H21N3O/c1-17(2,3)14-6-8-15(9-7-14)20-16(21)19-12-13-5-4-10-18-11-13/h4-11H,12H2,1-3H3,(H2,19,20,21). The summed E-state index contributed by atoms with van der Waals surface area (Å²) in [6, 6.07) is 11.5. The zero-order valence-corrected chi connectivity index (χ0v) is 12.7. The van der Waals surface area contributed by atoms with Gasteiger partial charge in [-0.25, -0.2) is 4.79 Å². The maximum atomic E-state index is 11.8. The molecule has 4 nitrogen and oxygen atoms in total. The highest BCUT2D eigenvalue weighted by atomic mass is 16.2. The quantitative estimate of drug-likeness (QED) is 0.902. The Kier molecular flexibility index (Phi) is 4.58. The van der Waals surface area contributed by atoms with Crippen molar-refractivity contribution in [1.82, 2.24) is 10.3 Å². The minimum Gasteiger partial charge on any atom is -0.334 e. The van der Waals surface area contributed by atoms with E-state index < -0.39 is 0 Å². The summed E-state index contributed by atoms with van der Waals surface area (Å²) in [6.07, 6.45) is 3.44. The van der Waals surface area contributed by atoms with Gasteiger partial charge in [0.2, 0.25) is 0 Å². The van der Waals surface area contributed by atoms with Gasteiger partial charge in [0, 0.05) is 24.6 Å². The third-order valence-electron chi connectivity index (χ3n) is 3.18. The second-order valence-electron chi connectivity index (χ2n) is 6.00. The van der Waals surface area contributed by atoms with E-state index in [9.17, 15) is 4.79 Å². The monoisotopic (exact) mass is 283 g/mol. The first-order chi connectivity index (χ1) is 9.95. The maximum absolute atomic E-state index is 11.8. The van der Waals surface area contributed by atoms with Crippen LogP contribution in [0.4, 0.5) is 10.5 Å². The Bertz CT molecular complexity index is 586. The van der Waals surface area contributed by atoms with E-state index in [4.69, 9.17) is 0 Å². The van der Waals surface area contributed by atoms with Crippen molar-refractivity contribution >= 4 is 11.7 Å². The molecule has 0 aliphatic heterocycles. The summed E-state index contributed by atoms with van der Waals surface area (Å²) >= 11 is 0. The lowest BCUT2D eigenvalue weighted by Gasteiger charge is -2.19. The van der Waals surface area contributed by atoms with Crippen molar-refractivity contribution < 1.29 is 4.79 Å². The van der Waals surface area contributed by atoms with Gasteiger partial charge in [-0.2, -0.15) is 0 Å². The number of rotatable bonds is 3. The zero-order chi connectivity index (χ0) is 15.3. The minimum atomic E-state index is -0.220. The first-order valence-electron chi connectivity index (χ1n) is 6.99. The number of pyridine rings is 1. The van der Waals surface area contributed by atoms with Gasteiger partial charge in [0.25, 0.3) is 0 Å². The van der Waals surface area contributed by atoms with Gasteiger partial charge < -0.3 is 10.6 Å². The van der Waals surface area contributed by atoms with Gasteiger partial charge in [0.05, 0.1) is 0 Å². The summed E-state index contributed by atoms with van der Waals surface area (Å²) in [6.45, 7) is 6.95. The van der Waals surface area contributed by atoms with Crippen LogP contribution in [0.25, 0.3) is 0 Å². The highest BCUT2D eigenvalue weighted by Gasteiger charge is 2.13. The first kappa shape index (κ1) is 15.0. The third kappa shape index (κ3) is 4.60. The largest absolute Gasteiger partial charge is 0.334 e. The number of hydrogen-bond donors (Lipinski definition) is 2. The molecule has 0 fully saturated rings. The van der Waals surface area contributed by atoms with Crippen LogP contribution in [0.15, 0.2) is 48.8 Å². The molecule has 1 aromatic carbocycles. The van der Waals surface area contributed by atoms with Gasteiger partial charge in [-0.1, -0.05) is 39.0 Å². The maximum Gasteiger partial charge on any atom is 0.319 e. The average molecular weight is 283 g/mol. The molecule has 21 heavy (non-hydrogen) atoms. The van der Waals surface area contributed by atoms with Gasteiger partial charge in [0.15, 0.2) is 0 Å². The summed E-state index contributed by atoms with van der Waals surface area (Å²) < 4.78 is 0. The number of carbonyl (C=O) groups excluding carboxylic acids is 1. The summed E-state index contributed by atoms with van der Waals surface area (Å²) in [5, 5.41) is 5.62. The number of benzene rings is 1. The second-order valence-corrected chi connectivity index (χ2v) is 6.00. The first-order valence-corrected chi connectivity index (χ1v) is 6.99. The van der Waals surface area contributed by atoms with E-state index in [1.54, 1.807) is 12.4 Å². The molecule has 4 heteroatoms. The van der Waals surface area contributed by atoms with Crippen LogP contribution in [-0.2, 0) is 12.0 Å². The third-order valence-corrected chi connectivity index (χ3v) is 3.18. The molecule has 0 atom stereocenters. The molecule has 1 heterocycles. The highest BCUT2D eigenvalue weighted by Crippen LogP contribution is 2.23. The van der Waals surface area contributed by atoms with Gasteiger partial charge in [0.1, 0.15) is 0 Å². The SMILES string of the molecule is CC(C)(C)c1ccc(NC(=O)NCc2cccnc2)cc1. The Labute approximate surface area is 125 Å². The summed E-state index contributed by atoms with van der Waals surface area (Å²) in [7, 11) is 0. The van der Waals surface area contributed by atoms with Crippen molar-refractivity contribution in [3.8, 4) is 0 Å². The summed E-state index contributed by atoms with van der Waals surface area (Å²) in [4.78, 5) is 15.8. The average Bonchev–Trinajstić information content (AvgIpc) is 2.46. The molecule has 0 saturated heterocycles. The van der Waals surface area contributed by atoms with E-state index in [1.165, 1.54) is 5.56 Å². The molecule has 2 amide bonds. The minimum absolute atomic E-state index is 0.112. The topological polar surface area (TPSA) is 54.0 Å². The molecule has 2 rings (SSSR count). The Hall–Kier alpha value is -2.36. The molecule has 2 N–H and O–H groups in total. The zero-order valence-electron chi connectivity index (χ0n) is 12.7. The van der Waals surface area contributed by atoms with Gasteiger partial charge in [-0.05, 0) is 34.7 Å². The molecule has 0 aliphatic rings. The molecular weight excluding hydrogens is 262 g/mol. The molecule has 0 saturated carbocycles. The van der Waals surface area contributed by atoms with E-state index in [0.717, 1.165) is 11.3 Å².